The molecule has 116 valence electrons. The smallest absolute Gasteiger partial charge is 0.119 e. The van der Waals surface area contributed by atoms with Crippen LogP contribution in [0.2, 0.25) is 0 Å². The van der Waals surface area contributed by atoms with Gasteiger partial charge in [0.2, 0.25) is 0 Å². The normalized spacial score (nSPS) is 33.5. The number of rotatable bonds is 2. The molecule has 0 bridgehead atoms. The van der Waals surface area contributed by atoms with E-state index in [0.29, 0.717) is 6.04 Å². The minimum atomic E-state index is -0.368. The molecule has 1 N–H and O–H groups in total. The first kappa shape index (κ1) is 14.9. The topological polar surface area (TPSA) is 32.7 Å². The lowest BCUT2D eigenvalue weighted by Gasteiger charge is -2.45. The number of hydrogen-bond donors (Lipinski definition) is 1. The highest BCUT2D eigenvalue weighted by Gasteiger charge is 2.36. The van der Waals surface area contributed by atoms with Crippen molar-refractivity contribution in [1.82, 2.24) is 4.90 Å². The number of likely N-dealkylation sites (tertiary alicyclic amines) is 1. The van der Waals surface area contributed by atoms with Gasteiger partial charge < -0.3 is 9.84 Å². The van der Waals surface area contributed by atoms with Crippen molar-refractivity contribution in [2.24, 2.45) is 5.92 Å². The number of aryl methyl sites for hydroxylation is 1. The molecule has 0 aromatic heterocycles. The van der Waals surface area contributed by atoms with Crippen molar-refractivity contribution in [3.63, 3.8) is 0 Å². The maximum Gasteiger partial charge on any atom is 0.119 e. The van der Waals surface area contributed by atoms with E-state index in [4.69, 9.17) is 4.74 Å². The van der Waals surface area contributed by atoms with Gasteiger partial charge in [0.15, 0.2) is 0 Å². The first-order valence-corrected chi connectivity index (χ1v) is 8.20. The second-order valence-electron chi connectivity index (χ2n) is 6.84. The molecule has 2 aliphatic rings. The van der Waals surface area contributed by atoms with Crippen LogP contribution in [0.1, 0.15) is 50.3 Å². The number of aliphatic hydroxyl groups is 1. The summed E-state index contributed by atoms with van der Waals surface area (Å²) in [7, 11) is 1.70. The zero-order valence-corrected chi connectivity index (χ0v) is 13.4. The van der Waals surface area contributed by atoms with E-state index in [9.17, 15) is 5.11 Å². The van der Waals surface area contributed by atoms with Gasteiger partial charge in [0.1, 0.15) is 5.75 Å². The van der Waals surface area contributed by atoms with E-state index in [1.54, 1.807) is 7.11 Å². The van der Waals surface area contributed by atoms with Crippen LogP contribution in [-0.2, 0) is 6.42 Å². The van der Waals surface area contributed by atoms with Gasteiger partial charge in [-0.3, -0.25) is 4.90 Å². The Bertz CT molecular complexity index is 502. The van der Waals surface area contributed by atoms with Crippen molar-refractivity contribution in [1.29, 1.82) is 0 Å². The molecule has 4 unspecified atom stereocenters. The Hall–Kier alpha value is -1.06. The van der Waals surface area contributed by atoms with Gasteiger partial charge >= 0.3 is 0 Å². The summed E-state index contributed by atoms with van der Waals surface area (Å²) in [4.78, 5) is 2.55. The van der Waals surface area contributed by atoms with E-state index in [2.05, 4.69) is 24.8 Å². The lowest BCUT2D eigenvalue weighted by molar-refractivity contribution is -0.0104. The second-order valence-corrected chi connectivity index (χ2v) is 6.84. The van der Waals surface area contributed by atoms with E-state index in [1.165, 1.54) is 18.4 Å². The number of fused-ring (bicyclic) bond motifs is 1. The number of aliphatic hydroxyl groups excluding tert-OH is 1. The lowest BCUT2D eigenvalue weighted by Crippen LogP contribution is -2.51. The van der Waals surface area contributed by atoms with Gasteiger partial charge in [-0.1, -0.05) is 13.0 Å². The molecule has 3 heteroatoms. The van der Waals surface area contributed by atoms with Gasteiger partial charge in [-0.05, 0) is 61.8 Å². The van der Waals surface area contributed by atoms with Crippen molar-refractivity contribution < 1.29 is 9.84 Å². The Labute approximate surface area is 127 Å². The van der Waals surface area contributed by atoms with Crippen molar-refractivity contribution in [2.45, 2.75) is 57.7 Å². The zero-order valence-electron chi connectivity index (χ0n) is 13.4. The quantitative estimate of drug-likeness (QED) is 0.908. The Morgan fingerprint density at radius 2 is 2.00 bits per heavy atom. The van der Waals surface area contributed by atoms with E-state index >= 15 is 0 Å². The predicted molar refractivity (Wildman–Crippen MR) is 84.6 cm³/mol. The van der Waals surface area contributed by atoms with Crippen LogP contribution < -0.4 is 4.74 Å². The molecule has 1 aromatic rings. The molecule has 1 heterocycles. The van der Waals surface area contributed by atoms with Crippen LogP contribution in [0, 0.1) is 5.92 Å². The van der Waals surface area contributed by atoms with Crippen LogP contribution in [0.5, 0.6) is 5.75 Å². The average molecular weight is 289 g/mol. The van der Waals surface area contributed by atoms with Gasteiger partial charge in [-0.15, -0.1) is 0 Å². The highest BCUT2D eigenvalue weighted by atomic mass is 16.5. The van der Waals surface area contributed by atoms with Crippen molar-refractivity contribution >= 4 is 0 Å². The number of ether oxygens (including phenoxy) is 1. The first-order chi connectivity index (χ1) is 10.1. The molecule has 21 heavy (non-hydrogen) atoms. The molecule has 3 nitrogen and oxygen atoms in total. The van der Waals surface area contributed by atoms with Crippen LogP contribution in [0.25, 0.3) is 0 Å². The molecule has 0 saturated carbocycles. The highest BCUT2D eigenvalue weighted by molar-refractivity contribution is 5.39. The lowest BCUT2D eigenvalue weighted by atomic mass is 9.82. The summed E-state index contributed by atoms with van der Waals surface area (Å²) in [5, 5.41) is 10.9. The summed E-state index contributed by atoms with van der Waals surface area (Å²) in [6, 6.07) is 6.94. The summed E-state index contributed by atoms with van der Waals surface area (Å²) in [5.41, 5.74) is 2.34. The summed E-state index contributed by atoms with van der Waals surface area (Å²) in [6.45, 7) is 5.75. The Kier molecular flexibility index (Phi) is 4.23. The standard InChI is InChI=1S/C18H27NO2/c1-12-4-5-13(2)19(11-12)17-9-6-14-10-15(21-3)7-8-16(14)18(17)20/h7-8,10,12-13,17-18,20H,4-6,9,11H2,1-3H3. The third-order valence-electron chi connectivity index (χ3n) is 5.33. The molecule has 0 amide bonds. The maximum atomic E-state index is 10.9. The molecule has 0 spiro atoms. The molecule has 3 rings (SSSR count). The fourth-order valence-electron chi connectivity index (χ4n) is 4.01. The minimum Gasteiger partial charge on any atom is -0.497 e. The number of benzene rings is 1. The molecule has 1 aromatic carbocycles. The number of hydrogen-bond acceptors (Lipinski definition) is 3. The molecular weight excluding hydrogens is 262 g/mol. The highest BCUT2D eigenvalue weighted by Crippen LogP contribution is 2.37. The predicted octanol–water partition coefficient (Wildman–Crippen LogP) is 3.16. The molecule has 1 saturated heterocycles. The molecule has 1 aliphatic carbocycles. The van der Waals surface area contributed by atoms with Gasteiger partial charge in [-0.25, -0.2) is 0 Å². The molecule has 0 radical (unpaired) electrons. The fourth-order valence-corrected chi connectivity index (χ4v) is 4.01. The van der Waals surface area contributed by atoms with Gasteiger partial charge in [0.05, 0.1) is 13.2 Å². The number of piperidine rings is 1. The summed E-state index contributed by atoms with van der Waals surface area (Å²) in [6.07, 6.45) is 4.27. The van der Waals surface area contributed by atoms with Gasteiger partial charge in [-0.2, -0.15) is 0 Å². The van der Waals surface area contributed by atoms with Crippen molar-refractivity contribution in [2.75, 3.05) is 13.7 Å². The van der Waals surface area contributed by atoms with Gasteiger partial charge in [0.25, 0.3) is 0 Å². The third-order valence-corrected chi connectivity index (χ3v) is 5.33. The maximum absolute atomic E-state index is 10.9. The Morgan fingerprint density at radius 3 is 2.76 bits per heavy atom. The zero-order chi connectivity index (χ0) is 15.0. The largest absolute Gasteiger partial charge is 0.497 e. The summed E-state index contributed by atoms with van der Waals surface area (Å²) in [5.74, 6) is 1.63. The van der Waals surface area contributed by atoms with E-state index in [-0.39, 0.29) is 12.1 Å². The van der Waals surface area contributed by atoms with Crippen molar-refractivity contribution in [3.05, 3.63) is 29.3 Å². The summed E-state index contributed by atoms with van der Waals surface area (Å²) >= 11 is 0. The number of methoxy groups -OCH3 is 1. The van der Waals surface area contributed by atoms with E-state index < -0.39 is 0 Å². The Balaban J connectivity index is 1.83. The molecular formula is C18H27NO2. The van der Waals surface area contributed by atoms with Gasteiger partial charge in [0, 0.05) is 18.6 Å². The van der Waals surface area contributed by atoms with Crippen LogP contribution >= 0.6 is 0 Å². The summed E-state index contributed by atoms with van der Waals surface area (Å²) < 4.78 is 5.30. The van der Waals surface area contributed by atoms with Crippen LogP contribution in [0.3, 0.4) is 0 Å². The minimum absolute atomic E-state index is 0.267. The SMILES string of the molecule is COc1ccc2c(c1)CCC(N1CC(C)CCC1C)C2O. The van der Waals surface area contributed by atoms with Crippen LogP contribution in [0.15, 0.2) is 18.2 Å². The monoisotopic (exact) mass is 289 g/mol. The molecule has 1 aliphatic heterocycles. The number of nitrogens with zero attached hydrogens (tertiary/aromatic N) is 1. The van der Waals surface area contributed by atoms with E-state index in [1.807, 2.05) is 12.1 Å². The van der Waals surface area contributed by atoms with Crippen LogP contribution in [0.4, 0.5) is 0 Å². The third kappa shape index (κ3) is 2.82. The molecule has 4 atom stereocenters. The van der Waals surface area contributed by atoms with Crippen LogP contribution in [-0.4, -0.2) is 35.7 Å². The second kappa shape index (κ2) is 5.98. The van der Waals surface area contributed by atoms with E-state index in [0.717, 1.165) is 36.6 Å². The Morgan fingerprint density at radius 1 is 1.19 bits per heavy atom. The average Bonchev–Trinajstić information content (AvgIpc) is 2.50. The van der Waals surface area contributed by atoms with Crippen molar-refractivity contribution in [3.8, 4) is 5.75 Å². The fraction of sp³-hybridized carbons (Fsp3) is 0.667. The molecule has 1 fully saturated rings. The first-order valence-electron chi connectivity index (χ1n) is 8.20.